The van der Waals surface area contributed by atoms with Crippen LogP contribution in [0.3, 0.4) is 0 Å². The van der Waals surface area contributed by atoms with Gasteiger partial charge in [0.1, 0.15) is 0 Å². The maximum atomic E-state index is 11.0. The number of aryl methyl sites for hydroxylation is 1. The summed E-state index contributed by atoms with van der Waals surface area (Å²) in [4.78, 5) is 0. The van der Waals surface area contributed by atoms with Crippen molar-refractivity contribution in [2.45, 2.75) is 6.92 Å². The van der Waals surface area contributed by atoms with Crippen molar-refractivity contribution in [2.24, 2.45) is 0 Å². The summed E-state index contributed by atoms with van der Waals surface area (Å²) in [6.07, 6.45) is 1.46. The van der Waals surface area contributed by atoms with Gasteiger partial charge in [-0.3, -0.25) is 4.18 Å². The molecule has 0 radical (unpaired) electrons. The van der Waals surface area contributed by atoms with Crippen molar-refractivity contribution in [3.8, 4) is 0 Å². The second kappa shape index (κ2) is 6.13. The van der Waals surface area contributed by atoms with Crippen LogP contribution in [0.2, 0.25) is 0 Å². The number of nitrogen functional groups attached to an aromatic ring is 1. The first-order chi connectivity index (χ1) is 7.94. The molecule has 0 amide bonds. The van der Waals surface area contributed by atoms with Crippen LogP contribution in [0.25, 0.3) is 0 Å². The molecule has 1 aromatic carbocycles. The molecular weight excluding hydrogens is 260 g/mol. The van der Waals surface area contributed by atoms with E-state index >= 15 is 0 Å². The van der Waals surface area contributed by atoms with Crippen molar-refractivity contribution in [3.63, 3.8) is 0 Å². The monoisotopic (exact) mass is 276 g/mol. The maximum Gasteiger partial charge on any atom is 0.321 e. The Kier molecular flexibility index (Phi) is 5.10. The van der Waals surface area contributed by atoms with Crippen LogP contribution in [0.4, 0.5) is 11.4 Å². The average molecular weight is 276 g/mol. The SMILES string of the molecule is CSS(=O)(=O)OCCNc1ccc(N)c(C)c1. The Morgan fingerprint density at radius 2 is 2.18 bits per heavy atom. The molecule has 0 aromatic heterocycles. The van der Waals surface area contributed by atoms with Gasteiger partial charge < -0.3 is 11.1 Å². The first kappa shape index (κ1) is 14.1. The summed E-state index contributed by atoms with van der Waals surface area (Å²) in [7, 11) is -2.75. The molecule has 17 heavy (non-hydrogen) atoms. The highest BCUT2D eigenvalue weighted by Crippen LogP contribution is 2.16. The molecule has 1 rings (SSSR count). The van der Waals surface area contributed by atoms with E-state index in [-0.39, 0.29) is 6.61 Å². The van der Waals surface area contributed by atoms with Crippen LogP contribution in [0.1, 0.15) is 5.56 Å². The minimum atomic E-state index is -3.43. The van der Waals surface area contributed by atoms with Gasteiger partial charge in [0, 0.05) is 17.9 Å². The largest absolute Gasteiger partial charge is 0.399 e. The smallest absolute Gasteiger partial charge is 0.321 e. The molecule has 0 saturated heterocycles. The summed E-state index contributed by atoms with van der Waals surface area (Å²) in [6.45, 7) is 2.44. The highest BCUT2D eigenvalue weighted by Gasteiger charge is 2.07. The molecule has 0 heterocycles. The van der Waals surface area contributed by atoms with Gasteiger partial charge >= 0.3 is 9.15 Å². The third kappa shape index (κ3) is 4.84. The molecule has 0 atom stereocenters. The second-order valence-electron chi connectivity index (χ2n) is 3.40. The van der Waals surface area contributed by atoms with E-state index in [0.29, 0.717) is 17.3 Å². The fraction of sp³-hybridized carbons (Fsp3) is 0.400. The van der Waals surface area contributed by atoms with E-state index in [9.17, 15) is 8.42 Å². The van der Waals surface area contributed by atoms with Gasteiger partial charge in [0.2, 0.25) is 0 Å². The van der Waals surface area contributed by atoms with E-state index in [1.165, 1.54) is 6.26 Å². The molecule has 5 nitrogen and oxygen atoms in total. The Morgan fingerprint density at radius 3 is 2.76 bits per heavy atom. The minimum absolute atomic E-state index is 0.104. The lowest BCUT2D eigenvalue weighted by atomic mass is 10.2. The molecule has 1 aromatic rings. The molecule has 0 aliphatic heterocycles. The van der Waals surface area contributed by atoms with E-state index in [4.69, 9.17) is 9.92 Å². The van der Waals surface area contributed by atoms with Crippen molar-refractivity contribution < 1.29 is 12.6 Å². The number of anilines is 2. The second-order valence-corrected chi connectivity index (χ2v) is 7.01. The van der Waals surface area contributed by atoms with E-state index in [1.807, 2.05) is 19.1 Å². The van der Waals surface area contributed by atoms with Crippen LogP contribution in [-0.2, 0) is 13.3 Å². The molecule has 0 saturated carbocycles. The zero-order valence-corrected chi connectivity index (χ0v) is 11.4. The number of hydrogen-bond acceptors (Lipinski definition) is 6. The standard InChI is InChI=1S/C10H16N2O3S2/c1-8-7-9(3-4-10(8)11)12-5-6-15-17(13,14)16-2/h3-4,7,12H,5-6,11H2,1-2H3. The lowest BCUT2D eigenvalue weighted by Crippen LogP contribution is -2.12. The summed E-state index contributed by atoms with van der Waals surface area (Å²) < 4.78 is 26.7. The van der Waals surface area contributed by atoms with Gasteiger partial charge in [0.25, 0.3) is 0 Å². The molecule has 96 valence electrons. The molecular formula is C10H16N2O3S2. The molecule has 0 bridgehead atoms. The Morgan fingerprint density at radius 1 is 1.47 bits per heavy atom. The van der Waals surface area contributed by atoms with Gasteiger partial charge in [-0.2, -0.15) is 8.42 Å². The van der Waals surface area contributed by atoms with E-state index in [1.54, 1.807) is 6.07 Å². The third-order valence-electron chi connectivity index (χ3n) is 2.13. The van der Waals surface area contributed by atoms with Crippen LogP contribution >= 0.6 is 10.8 Å². The zero-order valence-electron chi connectivity index (χ0n) is 9.76. The van der Waals surface area contributed by atoms with Crippen molar-refractivity contribution >= 4 is 31.3 Å². The molecule has 0 spiro atoms. The highest BCUT2D eigenvalue weighted by atomic mass is 33.1. The summed E-state index contributed by atoms with van der Waals surface area (Å²) in [5.74, 6) is 0. The highest BCUT2D eigenvalue weighted by molar-refractivity contribution is 8.70. The lowest BCUT2D eigenvalue weighted by Gasteiger charge is -2.08. The minimum Gasteiger partial charge on any atom is -0.399 e. The summed E-state index contributed by atoms with van der Waals surface area (Å²) in [5.41, 5.74) is 8.29. The molecule has 0 fully saturated rings. The number of benzene rings is 1. The van der Waals surface area contributed by atoms with Gasteiger partial charge in [-0.15, -0.1) is 0 Å². The average Bonchev–Trinajstić information content (AvgIpc) is 2.29. The Hall–Kier alpha value is -0.920. The predicted octanol–water partition coefficient (Wildman–Crippen LogP) is 1.61. The van der Waals surface area contributed by atoms with Crippen molar-refractivity contribution in [2.75, 3.05) is 30.5 Å². The van der Waals surface area contributed by atoms with Crippen LogP contribution in [0, 0.1) is 6.92 Å². The van der Waals surface area contributed by atoms with Gasteiger partial charge in [-0.1, -0.05) is 0 Å². The van der Waals surface area contributed by atoms with E-state index in [0.717, 1.165) is 16.9 Å². The van der Waals surface area contributed by atoms with Crippen molar-refractivity contribution in [1.82, 2.24) is 0 Å². The van der Waals surface area contributed by atoms with Gasteiger partial charge in [0.05, 0.1) is 6.61 Å². The third-order valence-corrected chi connectivity index (χ3v) is 4.51. The summed E-state index contributed by atoms with van der Waals surface area (Å²) in [6, 6.07) is 5.54. The first-order valence-corrected chi connectivity index (χ1v) is 8.14. The Balaban J connectivity index is 2.39. The van der Waals surface area contributed by atoms with Crippen LogP contribution < -0.4 is 11.1 Å². The van der Waals surface area contributed by atoms with Crippen molar-refractivity contribution in [1.29, 1.82) is 0 Å². The van der Waals surface area contributed by atoms with Crippen LogP contribution in [0.15, 0.2) is 18.2 Å². The van der Waals surface area contributed by atoms with Gasteiger partial charge in [0.15, 0.2) is 0 Å². The predicted molar refractivity (Wildman–Crippen MR) is 72.5 cm³/mol. The van der Waals surface area contributed by atoms with E-state index < -0.39 is 9.15 Å². The fourth-order valence-electron chi connectivity index (χ4n) is 1.17. The molecule has 0 aliphatic rings. The summed E-state index contributed by atoms with van der Waals surface area (Å²) >= 11 is 0. The summed E-state index contributed by atoms with van der Waals surface area (Å²) in [5, 5.41) is 3.06. The number of nitrogens with one attached hydrogen (secondary N) is 1. The maximum absolute atomic E-state index is 11.0. The fourth-order valence-corrected chi connectivity index (χ4v) is 2.05. The molecule has 3 N–H and O–H groups in total. The molecule has 0 aliphatic carbocycles. The molecule has 7 heteroatoms. The zero-order chi connectivity index (χ0) is 12.9. The van der Waals surface area contributed by atoms with Crippen molar-refractivity contribution in [3.05, 3.63) is 23.8 Å². The van der Waals surface area contributed by atoms with Gasteiger partial charge in [-0.25, -0.2) is 0 Å². The topological polar surface area (TPSA) is 81.4 Å². The Bertz CT molecular complexity index is 474. The number of hydrogen-bond donors (Lipinski definition) is 2. The quantitative estimate of drug-likeness (QED) is 0.467. The lowest BCUT2D eigenvalue weighted by molar-refractivity contribution is 0.343. The van der Waals surface area contributed by atoms with Gasteiger partial charge in [-0.05, 0) is 47.7 Å². The number of nitrogens with two attached hydrogens (primary N) is 1. The molecule has 0 unspecified atom stereocenters. The van der Waals surface area contributed by atoms with Crippen LogP contribution in [0.5, 0.6) is 0 Å². The Labute approximate surface area is 105 Å². The van der Waals surface area contributed by atoms with Crippen LogP contribution in [-0.4, -0.2) is 27.8 Å². The van der Waals surface area contributed by atoms with E-state index in [2.05, 4.69) is 5.32 Å². The normalized spacial score (nSPS) is 11.4. The number of rotatable bonds is 6. The first-order valence-electron chi connectivity index (χ1n) is 4.99.